The molecule has 1 N–H and O–H groups in total. The van der Waals surface area contributed by atoms with Gasteiger partial charge in [0.15, 0.2) is 0 Å². The van der Waals surface area contributed by atoms with E-state index in [9.17, 15) is 4.39 Å². The summed E-state index contributed by atoms with van der Waals surface area (Å²) >= 11 is 11.7. The van der Waals surface area contributed by atoms with E-state index in [1.807, 2.05) is 24.3 Å². The lowest BCUT2D eigenvalue weighted by molar-refractivity contribution is -0.0323. The number of hydrogen-bond acceptors (Lipinski definition) is 4. The molecule has 0 saturated carbocycles. The summed E-state index contributed by atoms with van der Waals surface area (Å²) in [5.41, 5.74) is -1.16. The lowest BCUT2D eigenvalue weighted by Crippen LogP contribution is -2.63. The normalized spacial score (nSPS) is 15.8. The average Bonchev–Trinajstić information content (AvgIpc) is 2.66. The Labute approximate surface area is 175 Å². The van der Waals surface area contributed by atoms with E-state index in [4.69, 9.17) is 32.7 Å². The van der Waals surface area contributed by atoms with E-state index in [2.05, 4.69) is 10.2 Å². The van der Waals surface area contributed by atoms with E-state index in [1.165, 1.54) is 0 Å². The van der Waals surface area contributed by atoms with Crippen molar-refractivity contribution in [2.24, 2.45) is 0 Å². The molecule has 1 aliphatic rings. The first-order chi connectivity index (χ1) is 13.5. The molecule has 1 saturated heterocycles. The maximum absolute atomic E-state index is 14.6. The summed E-state index contributed by atoms with van der Waals surface area (Å²) in [5, 5.41) is 4.50. The predicted molar refractivity (Wildman–Crippen MR) is 112 cm³/mol. The topological polar surface area (TPSA) is 33.7 Å². The largest absolute Gasteiger partial charge is 0.494 e. The van der Waals surface area contributed by atoms with Gasteiger partial charge >= 0.3 is 0 Å². The van der Waals surface area contributed by atoms with E-state index in [1.54, 1.807) is 24.3 Å². The maximum Gasteiger partial charge on any atom is 0.148 e. The number of halogens is 3. The van der Waals surface area contributed by atoms with Gasteiger partial charge in [-0.05, 0) is 55.0 Å². The molecule has 1 heterocycles. The molecule has 0 radical (unpaired) electrons. The molecule has 0 unspecified atom stereocenters. The Kier molecular flexibility index (Phi) is 7.80. The smallest absolute Gasteiger partial charge is 0.148 e. The average molecular weight is 427 g/mol. The Morgan fingerprint density at radius 2 is 1.43 bits per heavy atom. The molecule has 2 aromatic carbocycles. The SMILES string of the molecule is FC1(CNCCOc2ccc(Cl)cc2)CN(CCCOc2ccc(Cl)cc2)C1. The zero-order chi connectivity index (χ0) is 19.8. The van der Waals surface area contributed by atoms with Gasteiger partial charge in [-0.15, -0.1) is 0 Å². The Morgan fingerprint density at radius 1 is 0.893 bits per heavy atom. The van der Waals surface area contributed by atoms with Gasteiger partial charge in [-0.25, -0.2) is 4.39 Å². The third-order valence-corrected chi connectivity index (χ3v) is 5.02. The van der Waals surface area contributed by atoms with Gasteiger partial charge in [0.1, 0.15) is 23.8 Å². The highest BCUT2D eigenvalue weighted by molar-refractivity contribution is 6.30. The van der Waals surface area contributed by atoms with Crippen LogP contribution >= 0.6 is 23.2 Å². The van der Waals surface area contributed by atoms with Crippen LogP contribution in [0.25, 0.3) is 0 Å². The maximum atomic E-state index is 14.6. The molecule has 0 bridgehead atoms. The van der Waals surface area contributed by atoms with Crippen LogP contribution in [0.2, 0.25) is 10.0 Å². The van der Waals surface area contributed by atoms with Gasteiger partial charge in [-0.1, -0.05) is 23.2 Å². The van der Waals surface area contributed by atoms with E-state index in [0.29, 0.717) is 49.4 Å². The van der Waals surface area contributed by atoms with Gasteiger partial charge in [0, 0.05) is 42.8 Å². The molecule has 2 aromatic rings. The number of alkyl halides is 1. The highest BCUT2D eigenvalue weighted by Crippen LogP contribution is 2.25. The van der Waals surface area contributed by atoms with Crippen LogP contribution in [0.3, 0.4) is 0 Å². The highest BCUT2D eigenvalue weighted by atomic mass is 35.5. The van der Waals surface area contributed by atoms with Crippen molar-refractivity contribution in [2.75, 3.05) is 45.9 Å². The van der Waals surface area contributed by atoms with Crippen molar-refractivity contribution >= 4 is 23.2 Å². The van der Waals surface area contributed by atoms with Gasteiger partial charge in [0.2, 0.25) is 0 Å². The molecule has 1 fully saturated rings. The molecule has 28 heavy (non-hydrogen) atoms. The van der Waals surface area contributed by atoms with Crippen molar-refractivity contribution in [3.63, 3.8) is 0 Å². The van der Waals surface area contributed by atoms with Crippen LogP contribution in [0.15, 0.2) is 48.5 Å². The minimum absolute atomic E-state index is 0.342. The van der Waals surface area contributed by atoms with Crippen LogP contribution in [-0.4, -0.2) is 56.5 Å². The second-order valence-corrected chi connectivity index (χ2v) is 7.87. The molecular formula is C21H25Cl2FN2O2. The molecule has 152 valence electrons. The fourth-order valence-electron chi connectivity index (χ4n) is 3.12. The number of nitrogens with zero attached hydrogens (tertiary/aromatic N) is 1. The molecule has 0 aromatic heterocycles. The zero-order valence-corrected chi connectivity index (χ0v) is 17.2. The molecule has 0 spiro atoms. The van der Waals surface area contributed by atoms with Crippen molar-refractivity contribution < 1.29 is 13.9 Å². The molecule has 1 aliphatic heterocycles. The standard InChI is InChI=1S/C21H25Cl2FN2O2/c22-17-2-6-19(7-3-17)27-12-1-11-26-15-21(24,16-26)14-25-10-13-28-20-8-4-18(23)5-9-20/h2-9,25H,1,10-16H2. The van der Waals surface area contributed by atoms with Crippen LogP contribution < -0.4 is 14.8 Å². The van der Waals surface area contributed by atoms with Gasteiger partial charge in [0.25, 0.3) is 0 Å². The van der Waals surface area contributed by atoms with Gasteiger partial charge in [0.05, 0.1) is 6.61 Å². The summed E-state index contributed by atoms with van der Waals surface area (Å²) in [6.07, 6.45) is 0.862. The molecule has 0 atom stereocenters. The summed E-state index contributed by atoms with van der Waals surface area (Å²) in [4.78, 5) is 2.11. The fraction of sp³-hybridized carbons (Fsp3) is 0.429. The molecule has 7 heteroatoms. The lowest BCUT2D eigenvalue weighted by Gasteiger charge is -2.44. The molecule has 4 nitrogen and oxygen atoms in total. The monoisotopic (exact) mass is 426 g/mol. The second-order valence-electron chi connectivity index (χ2n) is 7.00. The summed E-state index contributed by atoms with van der Waals surface area (Å²) in [6, 6.07) is 14.5. The van der Waals surface area contributed by atoms with Crippen LogP contribution in [-0.2, 0) is 0 Å². The minimum Gasteiger partial charge on any atom is -0.494 e. The summed E-state index contributed by atoms with van der Waals surface area (Å²) in [7, 11) is 0. The number of ether oxygens (including phenoxy) is 2. The zero-order valence-electron chi connectivity index (χ0n) is 15.7. The highest BCUT2D eigenvalue weighted by Gasteiger charge is 2.42. The minimum atomic E-state index is -1.16. The van der Waals surface area contributed by atoms with Gasteiger partial charge < -0.3 is 14.8 Å². The third-order valence-electron chi connectivity index (χ3n) is 4.52. The van der Waals surface area contributed by atoms with Crippen LogP contribution in [0.5, 0.6) is 11.5 Å². The predicted octanol–water partition coefficient (Wildman–Crippen LogP) is 4.45. The van der Waals surface area contributed by atoms with Gasteiger partial charge in [-0.2, -0.15) is 0 Å². The van der Waals surface area contributed by atoms with E-state index in [-0.39, 0.29) is 0 Å². The number of likely N-dealkylation sites (tertiary alicyclic amines) is 1. The first-order valence-corrected chi connectivity index (χ1v) is 10.2. The second kappa shape index (κ2) is 10.3. The van der Waals surface area contributed by atoms with Crippen molar-refractivity contribution in [1.29, 1.82) is 0 Å². The van der Waals surface area contributed by atoms with Crippen LogP contribution in [0, 0.1) is 0 Å². The molecule has 0 amide bonds. The number of rotatable bonds is 11. The third kappa shape index (κ3) is 6.82. The van der Waals surface area contributed by atoms with Crippen LogP contribution in [0.1, 0.15) is 6.42 Å². The quantitative estimate of drug-likeness (QED) is 0.538. The summed E-state index contributed by atoms with van der Waals surface area (Å²) in [5.74, 6) is 1.56. The van der Waals surface area contributed by atoms with Crippen LogP contribution in [0.4, 0.5) is 4.39 Å². The van der Waals surface area contributed by atoms with E-state index < -0.39 is 5.67 Å². The lowest BCUT2D eigenvalue weighted by atomic mass is 9.96. The van der Waals surface area contributed by atoms with Crippen molar-refractivity contribution in [1.82, 2.24) is 10.2 Å². The first-order valence-electron chi connectivity index (χ1n) is 9.41. The van der Waals surface area contributed by atoms with Crippen molar-refractivity contribution in [3.8, 4) is 11.5 Å². The van der Waals surface area contributed by atoms with Crippen molar-refractivity contribution in [3.05, 3.63) is 58.6 Å². The van der Waals surface area contributed by atoms with Crippen molar-refractivity contribution in [2.45, 2.75) is 12.1 Å². The Balaban J connectivity index is 1.21. The van der Waals surface area contributed by atoms with Gasteiger partial charge in [-0.3, -0.25) is 4.90 Å². The first kappa shape index (κ1) is 21.2. The Hall–Kier alpha value is -1.53. The number of benzene rings is 2. The number of nitrogens with one attached hydrogen (secondary N) is 1. The summed E-state index contributed by atoms with van der Waals surface area (Å²) in [6.45, 7) is 3.79. The van der Waals surface area contributed by atoms with E-state index in [0.717, 1.165) is 24.5 Å². The molecule has 3 rings (SSSR count). The number of hydrogen-bond donors (Lipinski definition) is 1. The molecular weight excluding hydrogens is 402 g/mol. The molecule has 0 aliphatic carbocycles. The Morgan fingerprint density at radius 3 is 2.00 bits per heavy atom. The Bertz CT molecular complexity index is 722. The van der Waals surface area contributed by atoms with E-state index >= 15 is 0 Å². The summed E-state index contributed by atoms with van der Waals surface area (Å²) < 4.78 is 25.8. The fourth-order valence-corrected chi connectivity index (χ4v) is 3.37.